The van der Waals surface area contributed by atoms with E-state index in [-0.39, 0.29) is 30.9 Å². The van der Waals surface area contributed by atoms with Crippen molar-refractivity contribution in [1.29, 1.82) is 0 Å². The molecular weight excluding hydrogens is 558 g/mol. The van der Waals surface area contributed by atoms with Gasteiger partial charge in [0.2, 0.25) is 11.8 Å². The number of fused-ring (bicyclic) bond motifs is 1. The number of benzene rings is 2. The molecule has 6 atom stereocenters. The van der Waals surface area contributed by atoms with Crippen LogP contribution in [0.25, 0.3) is 0 Å². The van der Waals surface area contributed by atoms with Gasteiger partial charge in [-0.3, -0.25) is 14.4 Å². The van der Waals surface area contributed by atoms with Gasteiger partial charge >= 0.3 is 0 Å². The predicted molar refractivity (Wildman–Crippen MR) is 173 cm³/mol. The first-order valence-electron chi connectivity index (χ1n) is 15.1. The van der Waals surface area contributed by atoms with Crippen molar-refractivity contribution in [2.75, 3.05) is 31.6 Å². The number of nitrogens with zero attached hydrogens (tertiary/aromatic N) is 3. The number of anilines is 1. The lowest BCUT2D eigenvalue weighted by Gasteiger charge is -2.40. The predicted octanol–water partition coefficient (Wildman–Crippen LogP) is 4.55. The van der Waals surface area contributed by atoms with Crippen LogP contribution in [0.15, 0.2) is 73.8 Å². The summed E-state index contributed by atoms with van der Waals surface area (Å²) in [4.78, 5) is 48.9. The average Bonchev–Trinajstić information content (AvgIpc) is 3.56. The van der Waals surface area contributed by atoms with E-state index in [1.807, 2.05) is 62.4 Å². The maximum atomic E-state index is 15.1. The van der Waals surface area contributed by atoms with Crippen molar-refractivity contribution in [1.82, 2.24) is 9.80 Å². The highest BCUT2D eigenvalue weighted by Gasteiger charge is 2.78. The zero-order valence-corrected chi connectivity index (χ0v) is 26.5. The molecule has 0 aliphatic carbocycles. The van der Waals surface area contributed by atoms with Crippen LogP contribution in [0.5, 0.6) is 0 Å². The summed E-state index contributed by atoms with van der Waals surface area (Å²) >= 11 is 1.65. The number of likely N-dealkylation sites (tertiary alicyclic amines) is 1. The van der Waals surface area contributed by atoms with Crippen LogP contribution in [-0.2, 0) is 20.8 Å². The lowest BCUT2D eigenvalue weighted by atomic mass is 9.66. The first kappa shape index (κ1) is 31.1. The van der Waals surface area contributed by atoms with Crippen LogP contribution < -0.4 is 4.90 Å². The molecule has 0 aromatic heterocycles. The quantitative estimate of drug-likeness (QED) is 0.383. The second-order valence-corrected chi connectivity index (χ2v) is 14.4. The maximum Gasteiger partial charge on any atom is 0.251 e. The molecule has 228 valence electrons. The minimum Gasteiger partial charge on any atom is -0.394 e. The number of aliphatic hydroxyl groups is 1. The van der Waals surface area contributed by atoms with E-state index >= 15 is 4.79 Å². The summed E-state index contributed by atoms with van der Waals surface area (Å²) in [5.74, 6) is -1.74. The first-order valence-corrected chi connectivity index (χ1v) is 15.9. The molecule has 5 rings (SSSR count). The highest BCUT2D eigenvalue weighted by Crippen LogP contribution is 2.72. The van der Waals surface area contributed by atoms with E-state index in [0.717, 1.165) is 28.8 Å². The van der Waals surface area contributed by atoms with Crippen LogP contribution in [-0.4, -0.2) is 80.9 Å². The summed E-state index contributed by atoms with van der Waals surface area (Å²) in [6, 6.07) is 14.3. The largest absolute Gasteiger partial charge is 0.394 e. The molecule has 3 heterocycles. The SMILES string of the molecule is C=CCN(C)C(=O)[C@H]1[C@H]2C(=O)N([C@@H](CO)Cc3ccccc3)C(C(=O)N(CC=C)c3cc(C)ccc3C)C23CC[C@]1(C)S3. The molecule has 3 saturated heterocycles. The van der Waals surface area contributed by atoms with Crippen LogP contribution in [0.1, 0.15) is 36.5 Å². The molecule has 2 aromatic rings. The number of thioether (sulfide) groups is 1. The number of amides is 3. The zero-order chi connectivity index (χ0) is 31.1. The standard InChI is InChI=1S/C35H43N3O4S/c1-7-18-36(6)31(40)28-29-32(41)38(26(22-39)21-25-12-10-9-11-13-25)30(35(29)17-16-34(28,5)43-35)33(42)37(19-8-2)27-20-23(3)14-15-24(27)4/h7-15,20,26,28-30,39H,1-2,16-19,21-22H2,3-6H3/t26-,28-,29+,30?,34+,35?/m1/s1. The minimum absolute atomic E-state index is 0.0936. The third-order valence-corrected chi connectivity index (χ3v) is 11.6. The fourth-order valence-electron chi connectivity index (χ4n) is 7.66. The Kier molecular flexibility index (Phi) is 8.65. The molecule has 3 aliphatic rings. The summed E-state index contributed by atoms with van der Waals surface area (Å²) < 4.78 is -1.27. The molecular formula is C35H43N3O4S. The molecule has 0 radical (unpaired) electrons. The van der Waals surface area contributed by atoms with Gasteiger partial charge in [-0.2, -0.15) is 0 Å². The summed E-state index contributed by atoms with van der Waals surface area (Å²) in [7, 11) is 1.74. The van der Waals surface area contributed by atoms with Crippen molar-refractivity contribution in [3.8, 4) is 0 Å². The molecule has 3 aliphatic heterocycles. The molecule has 1 spiro atoms. The van der Waals surface area contributed by atoms with Crippen molar-refractivity contribution < 1.29 is 19.5 Å². The second kappa shape index (κ2) is 12.0. The van der Waals surface area contributed by atoms with Gasteiger partial charge in [-0.1, -0.05) is 54.6 Å². The second-order valence-electron chi connectivity index (χ2n) is 12.5. The third-order valence-electron chi connectivity index (χ3n) is 9.65. The Balaban J connectivity index is 1.65. The van der Waals surface area contributed by atoms with Crippen LogP contribution >= 0.6 is 11.8 Å². The van der Waals surface area contributed by atoms with Crippen molar-refractivity contribution in [3.63, 3.8) is 0 Å². The number of hydrogen-bond donors (Lipinski definition) is 1. The Morgan fingerprint density at radius 2 is 1.79 bits per heavy atom. The smallest absolute Gasteiger partial charge is 0.251 e. The van der Waals surface area contributed by atoms with Gasteiger partial charge in [-0.05, 0) is 62.8 Å². The lowest BCUT2D eigenvalue weighted by molar-refractivity contribution is -0.145. The molecule has 7 nitrogen and oxygen atoms in total. The summed E-state index contributed by atoms with van der Waals surface area (Å²) in [5, 5.41) is 10.8. The molecule has 43 heavy (non-hydrogen) atoms. The van der Waals surface area contributed by atoms with Crippen molar-refractivity contribution in [3.05, 3.63) is 90.5 Å². The van der Waals surface area contributed by atoms with E-state index in [9.17, 15) is 14.7 Å². The van der Waals surface area contributed by atoms with Crippen LogP contribution in [0.4, 0.5) is 5.69 Å². The number of carbonyl (C=O) groups is 3. The van der Waals surface area contributed by atoms with E-state index in [0.29, 0.717) is 19.4 Å². The lowest BCUT2D eigenvalue weighted by Crippen LogP contribution is -2.58. The summed E-state index contributed by atoms with van der Waals surface area (Å²) in [5.41, 5.74) is 3.72. The Labute approximate surface area is 259 Å². The fraction of sp³-hybridized carbons (Fsp3) is 0.457. The number of aliphatic hydroxyl groups excluding tert-OH is 1. The van der Waals surface area contributed by atoms with Gasteiger partial charge in [0.05, 0.1) is 29.2 Å². The number of rotatable bonds is 11. The van der Waals surface area contributed by atoms with E-state index in [1.54, 1.807) is 45.7 Å². The van der Waals surface area contributed by atoms with Crippen LogP contribution in [0, 0.1) is 25.7 Å². The molecule has 2 unspecified atom stereocenters. The van der Waals surface area contributed by atoms with Gasteiger partial charge < -0.3 is 19.8 Å². The van der Waals surface area contributed by atoms with Crippen molar-refractivity contribution >= 4 is 35.2 Å². The first-order chi connectivity index (χ1) is 20.5. The summed E-state index contributed by atoms with van der Waals surface area (Å²) in [6.07, 6.45) is 5.16. The molecule has 0 saturated carbocycles. The maximum absolute atomic E-state index is 15.1. The average molecular weight is 602 g/mol. The van der Waals surface area contributed by atoms with Gasteiger partial charge in [0, 0.05) is 30.6 Å². The van der Waals surface area contributed by atoms with Crippen molar-refractivity contribution in [2.24, 2.45) is 11.8 Å². The Hall–Kier alpha value is -3.36. The molecule has 1 N–H and O–H groups in total. The van der Waals surface area contributed by atoms with Crippen LogP contribution in [0.2, 0.25) is 0 Å². The van der Waals surface area contributed by atoms with Gasteiger partial charge in [-0.25, -0.2) is 0 Å². The topological polar surface area (TPSA) is 81.2 Å². The molecule has 3 fully saturated rings. The minimum atomic E-state index is -0.847. The molecule has 2 aromatic carbocycles. The Morgan fingerprint density at radius 3 is 2.44 bits per heavy atom. The van der Waals surface area contributed by atoms with Gasteiger partial charge in [0.15, 0.2) is 0 Å². The molecule has 2 bridgehead atoms. The van der Waals surface area contributed by atoms with E-state index in [2.05, 4.69) is 20.1 Å². The monoisotopic (exact) mass is 601 g/mol. The highest BCUT2D eigenvalue weighted by atomic mass is 32.2. The third kappa shape index (κ3) is 5.12. The van der Waals surface area contributed by atoms with E-state index in [1.165, 1.54) is 0 Å². The number of likely N-dealkylation sites (N-methyl/N-ethyl adjacent to an activating group) is 1. The van der Waals surface area contributed by atoms with Crippen LogP contribution in [0.3, 0.4) is 0 Å². The van der Waals surface area contributed by atoms with E-state index < -0.39 is 33.4 Å². The highest BCUT2D eigenvalue weighted by molar-refractivity contribution is 8.02. The number of hydrogen-bond acceptors (Lipinski definition) is 5. The van der Waals surface area contributed by atoms with E-state index in [4.69, 9.17) is 0 Å². The normalized spacial score (nSPS) is 28.0. The summed E-state index contributed by atoms with van der Waals surface area (Å²) in [6.45, 7) is 14.1. The van der Waals surface area contributed by atoms with Crippen molar-refractivity contribution in [2.45, 2.75) is 61.6 Å². The zero-order valence-electron chi connectivity index (χ0n) is 25.7. The Bertz CT molecular complexity index is 1430. The van der Waals surface area contributed by atoms with Gasteiger partial charge in [0.25, 0.3) is 5.91 Å². The number of carbonyl (C=O) groups excluding carboxylic acids is 3. The molecule has 3 amide bonds. The molecule has 8 heteroatoms. The fourth-order valence-corrected chi connectivity index (χ4v) is 9.99. The Morgan fingerprint density at radius 1 is 1.09 bits per heavy atom. The van der Waals surface area contributed by atoms with Gasteiger partial charge in [0.1, 0.15) is 6.04 Å². The van der Waals surface area contributed by atoms with Gasteiger partial charge in [-0.15, -0.1) is 24.9 Å². The number of aryl methyl sites for hydroxylation is 2.